The summed E-state index contributed by atoms with van der Waals surface area (Å²) < 4.78 is 34.1. The Labute approximate surface area is 139 Å². The van der Waals surface area contributed by atoms with Gasteiger partial charge in [0.2, 0.25) is 0 Å². The van der Waals surface area contributed by atoms with E-state index in [1.165, 1.54) is 0 Å². The van der Waals surface area contributed by atoms with E-state index in [-0.39, 0.29) is 59.1 Å². The average Bonchev–Trinajstić information content (AvgIpc) is 2.02. The van der Waals surface area contributed by atoms with Crippen LogP contribution in [0.25, 0.3) is 0 Å². The van der Waals surface area contributed by atoms with Crippen molar-refractivity contribution in [3.8, 4) is 5.75 Å². The van der Waals surface area contributed by atoms with E-state index in [9.17, 15) is 0 Å². The van der Waals surface area contributed by atoms with Crippen LogP contribution in [0.2, 0.25) is 0 Å². The number of hydrogen-bond donors (Lipinski definition) is 1. The predicted octanol–water partition coefficient (Wildman–Crippen LogP) is -5.38. The Hall–Kier alpha value is 0.890. The number of hydrogen-bond acceptors (Lipinski definition) is 5. The first-order valence-electron chi connectivity index (χ1n) is 3.78. The van der Waals surface area contributed by atoms with Gasteiger partial charge in [0.15, 0.2) is 0 Å². The van der Waals surface area contributed by atoms with Crippen LogP contribution in [-0.4, -0.2) is 22.6 Å². The summed E-state index contributed by atoms with van der Waals surface area (Å²) in [6, 6.07) is 7.39. The molecule has 1 rings (SSSR count). The number of rotatable bonds is 1. The quantitative estimate of drug-likeness (QED) is 0.310. The van der Waals surface area contributed by atoms with E-state index in [0.29, 0.717) is 5.75 Å². The van der Waals surface area contributed by atoms with Crippen LogP contribution in [0.4, 0.5) is 0 Å². The number of phenolic OH excluding ortho intramolecular Hbond substituents is 1. The first kappa shape index (κ1) is 22.1. The standard InChI is InChI=1S/C8H10O.2Na.H2O4S/c1-2-7-5-3-4-6-8(7)9;;;1-5(2,3)4/h3-6,9H,2H2,1H3;;;(H2,1,2,3,4)/q;2*+1;/p-2. The van der Waals surface area contributed by atoms with Crippen LogP contribution in [-0.2, 0) is 16.8 Å². The van der Waals surface area contributed by atoms with E-state index in [2.05, 4.69) is 0 Å². The number of phenols is 1. The topological polar surface area (TPSA) is 100 Å². The molecule has 80 valence electrons. The molecule has 8 heteroatoms. The monoisotopic (exact) mass is 264 g/mol. The van der Waals surface area contributed by atoms with E-state index in [0.717, 1.165) is 12.0 Å². The van der Waals surface area contributed by atoms with Gasteiger partial charge in [-0.2, -0.15) is 0 Å². The number of benzene rings is 1. The minimum Gasteiger partial charge on any atom is -0.759 e. The van der Waals surface area contributed by atoms with Crippen LogP contribution in [0.3, 0.4) is 0 Å². The molecule has 0 saturated carbocycles. The fourth-order valence-electron chi connectivity index (χ4n) is 0.810. The molecular weight excluding hydrogens is 254 g/mol. The van der Waals surface area contributed by atoms with Crippen LogP contribution in [0, 0.1) is 0 Å². The van der Waals surface area contributed by atoms with Crippen molar-refractivity contribution in [2.75, 3.05) is 0 Å². The van der Waals surface area contributed by atoms with Crippen molar-refractivity contribution in [3.63, 3.8) is 0 Å². The molecule has 0 bridgehead atoms. The molecule has 0 aliphatic carbocycles. The Morgan fingerprint density at radius 3 is 1.81 bits per heavy atom. The van der Waals surface area contributed by atoms with Crippen molar-refractivity contribution in [1.29, 1.82) is 0 Å². The van der Waals surface area contributed by atoms with Crippen molar-refractivity contribution in [3.05, 3.63) is 29.8 Å². The molecule has 0 aliphatic heterocycles. The molecule has 0 heterocycles. The molecule has 0 spiro atoms. The Bertz CT molecular complexity index is 372. The van der Waals surface area contributed by atoms with Crippen molar-refractivity contribution < 1.29 is 81.7 Å². The van der Waals surface area contributed by atoms with Gasteiger partial charge in [0.25, 0.3) is 0 Å². The van der Waals surface area contributed by atoms with Crippen molar-refractivity contribution >= 4 is 10.4 Å². The number of para-hydroxylation sites is 1. The molecule has 0 atom stereocenters. The van der Waals surface area contributed by atoms with Crippen LogP contribution in [0.15, 0.2) is 24.3 Å². The summed E-state index contributed by atoms with van der Waals surface area (Å²) in [5.74, 6) is 0.403. The molecule has 1 N–H and O–H groups in total. The molecule has 0 saturated heterocycles. The normalized spacial score (nSPS) is 8.94. The Kier molecular flexibility index (Phi) is 15.2. The van der Waals surface area contributed by atoms with Gasteiger partial charge in [-0.05, 0) is 18.1 Å². The van der Waals surface area contributed by atoms with Gasteiger partial charge in [0, 0.05) is 10.4 Å². The molecule has 0 unspecified atom stereocenters. The minimum atomic E-state index is -5.17. The van der Waals surface area contributed by atoms with E-state index in [4.69, 9.17) is 22.6 Å². The van der Waals surface area contributed by atoms with Crippen LogP contribution in [0.5, 0.6) is 5.75 Å². The van der Waals surface area contributed by atoms with Gasteiger partial charge in [-0.3, -0.25) is 8.42 Å². The van der Waals surface area contributed by atoms with Gasteiger partial charge in [-0.25, -0.2) is 0 Å². The van der Waals surface area contributed by atoms with Crippen LogP contribution >= 0.6 is 0 Å². The number of aromatic hydroxyl groups is 1. The maximum atomic E-state index is 9.11. The Morgan fingerprint density at radius 1 is 1.19 bits per heavy atom. The molecule has 0 radical (unpaired) electrons. The van der Waals surface area contributed by atoms with Gasteiger partial charge in [0.05, 0.1) is 0 Å². The van der Waals surface area contributed by atoms with Gasteiger partial charge in [-0.1, -0.05) is 25.1 Å². The SMILES string of the molecule is CCc1ccccc1O.O=S(=O)([O-])[O-].[Na+].[Na+]. The summed E-state index contributed by atoms with van der Waals surface area (Å²) in [6.07, 6.45) is 0.896. The zero-order chi connectivity index (χ0) is 11.2. The van der Waals surface area contributed by atoms with Gasteiger partial charge in [-0.15, -0.1) is 0 Å². The smallest absolute Gasteiger partial charge is 0.759 e. The zero-order valence-electron chi connectivity index (χ0n) is 9.50. The molecule has 1 aromatic rings. The summed E-state index contributed by atoms with van der Waals surface area (Å²) in [5, 5.41) is 9.11. The second kappa shape index (κ2) is 11.0. The van der Waals surface area contributed by atoms with Gasteiger partial charge in [0.1, 0.15) is 5.75 Å². The largest absolute Gasteiger partial charge is 1.00 e. The molecule has 5 nitrogen and oxygen atoms in total. The van der Waals surface area contributed by atoms with Gasteiger partial charge >= 0.3 is 59.1 Å². The molecule has 0 aliphatic rings. The van der Waals surface area contributed by atoms with E-state index >= 15 is 0 Å². The minimum absolute atomic E-state index is 0. The Morgan fingerprint density at radius 2 is 1.56 bits per heavy atom. The maximum Gasteiger partial charge on any atom is 1.00 e. The molecule has 0 fully saturated rings. The van der Waals surface area contributed by atoms with Crippen molar-refractivity contribution in [1.82, 2.24) is 0 Å². The summed E-state index contributed by atoms with van der Waals surface area (Å²) in [7, 11) is -5.17. The predicted molar refractivity (Wildman–Crippen MR) is 48.0 cm³/mol. The third-order valence-electron chi connectivity index (χ3n) is 1.37. The fraction of sp³-hybridized carbons (Fsp3) is 0.250. The van der Waals surface area contributed by atoms with E-state index in [1.54, 1.807) is 6.07 Å². The summed E-state index contributed by atoms with van der Waals surface area (Å²) >= 11 is 0. The maximum absolute atomic E-state index is 9.11. The summed E-state index contributed by atoms with van der Waals surface area (Å²) in [4.78, 5) is 0. The third kappa shape index (κ3) is 14.9. The molecule has 0 aromatic heterocycles. The summed E-state index contributed by atoms with van der Waals surface area (Å²) in [6.45, 7) is 2.02. The van der Waals surface area contributed by atoms with Crippen LogP contribution in [0.1, 0.15) is 12.5 Å². The van der Waals surface area contributed by atoms with Crippen LogP contribution < -0.4 is 59.1 Å². The van der Waals surface area contributed by atoms with E-state index < -0.39 is 10.4 Å². The zero-order valence-corrected chi connectivity index (χ0v) is 14.3. The van der Waals surface area contributed by atoms with E-state index in [1.807, 2.05) is 25.1 Å². The summed E-state index contributed by atoms with van der Waals surface area (Å²) in [5.41, 5.74) is 1.01. The second-order valence-corrected chi connectivity index (χ2v) is 3.21. The van der Waals surface area contributed by atoms with Crippen molar-refractivity contribution in [2.45, 2.75) is 13.3 Å². The fourth-order valence-corrected chi connectivity index (χ4v) is 0.810. The third-order valence-corrected chi connectivity index (χ3v) is 1.37. The molecule has 1 aromatic carbocycles. The molecule has 0 amide bonds. The second-order valence-electron chi connectivity index (χ2n) is 2.39. The van der Waals surface area contributed by atoms with Gasteiger partial charge < -0.3 is 14.2 Å². The first-order chi connectivity index (χ1) is 6.34. The Balaban J connectivity index is -0.000000214. The average molecular weight is 264 g/mol. The first-order valence-corrected chi connectivity index (χ1v) is 5.11. The number of aryl methyl sites for hydroxylation is 1. The van der Waals surface area contributed by atoms with Crippen molar-refractivity contribution in [2.24, 2.45) is 0 Å². The molecular formula is C8H10Na2O5S. The molecule has 16 heavy (non-hydrogen) atoms.